The molecule has 0 radical (unpaired) electrons. The Labute approximate surface area is 154 Å². The number of ether oxygens (including phenoxy) is 1. The van der Waals surface area contributed by atoms with Crippen LogP contribution < -0.4 is 10.1 Å². The number of nitrogens with zero attached hydrogens (tertiary/aromatic N) is 1. The van der Waals surface area contributed by atoms with Gasteiger partial charge in [-0.2, -0.15) is 0 Å². The molecule has 1 aliphatic rings. The monoisotopic (exact) mass is 352 g/mol. The fourth-order valence-corrected chi connectivity index (χ4v) is 3.06. The second-order valence-electron chi connectivity index (χ2n) is 6.86. The molecule has 0 aromatic heterocycles. The predicted octanol–water partition coefficient (Wildman–Crippen LogP) is 2.96. The highest BCUT2D eigenvalue weighted by molar-refractivity contribution is 5.95. The van der Waals surface area contributed by atoms with E-state index in [9.17, 15) is 9.59 Å². The van der Waals surface area contributed by atoms with Crippen LogP contribution in [-0.4, -0.2) is 37.4 Å². The summed E-state index contributed by atoms with van der Waals surface area (Å²) in [6, 6.07) is 17.0. The molecule has 1 saturated carbocycles. The molecule has 2 amide bonds. The van der Waals surface area contributed by atoms with Gasteiger partial charge in [0.15, 0.2) is 6.61 Å². The smallest absolute Gasteiger partial charge is 0.259 e. The number of likely N-dealkylation sites (N-methyl/N-ethyl adjacent to an activating group) is 1. The molecule has 0 heterocycles. The van der Waals surface area contributed by atoms with E-state index in [0.29, 0.717) is 11.3 Å². The van der Waals surface area contributed by atoms with Gasteiger partial charge in [0.1, 0.15) is 5.75 Å². The molecule has 0 bridgehead atoms. The first-order valence-electron chi connectivity index (χ1n) is 8.81. The second kappa shape index (κ2) is 7.60. The highest BCUT2D eigenvalue weighted by atomic mass is 16.5. The van der Waals surface area contributed by atoms with Crippen molar-refractivity contribution in [2.75, 3.05) is 20.7 Å². The van der Waals surface area contributed by atoms with E-state index in [0.717, 1.165) is 24.8 Å². The number of carbonyl (C=O) groups excluding carboxylic acids is 2. The number of hydrogen-bond donors (Lipinski definition) is 1. The molecule has 3 rings (SSSR count). The molecule has 1 aliphatic carbocycles. The van der Waals surface area contributed by atoms with Gasteiger partial charge >= 0.3 is 0 Å². The number of rotatable bonds is 6. The lowest BCUT2D eigenvalue weighted by Gasteiger charge is -2.43. The first kappa shape index (κ1) is 18.0. The molecule has 0 spiro atoms. The minimum Gasteiger partial charge on any atom is -0.484 e. The van der Waals surface area contributed by atoms with E-state index in [1.54, 1.807) is 38.4 Å². The molecule has 2 aromatic rings. The van der Waals surface area contributed by atoms with Gasteiger partial charge < -0.3 is 15.0 Å². The third-order valence-corrected chi connectivity index (χ3v) is 4.84. The molecule has 0 unspecified atom stereocenters. The second-order valence-corrected chi connectivity index (χ2v) is 6.86. The number of amides is 2. The summed E-state index contributed by atoms with van der Waals surface area (Å²) < 4.78 is 5.50. The molecule has 5 heteroatoms. The molecule has 26 heavy (non-hydrogen) atoms. The van der Waals surface area contributed by atoms with E-state index in [-0.39, 0.29) is 24.0 Å². The summed E-state index contributed by atoms with van der Waals surface area (Å²) in [4.78, 5) is 25.9. The topological polar surface area (TPSA) is 58.6 Å². The Balaban J connectivity index is 1.70. The van der Waals surface area contributed by atoms with E-state index in [2.05, 4.69) is 17.4 Å². The Morgan fingerprint density at radius 2 is 1.81 bits per heavy atom. The molecule has 5 nitrogen and oxygen atoms in total. The summed E-state index contributed by atoms with van der Waals surface area (Å²) in [6.07, 6.45) is 2.98. The van der Waals surface area contributed by atoms with Crippen molar-refractivity contribution in [2.24, 2.45) is 0 Å². The average Bonchev–Trinajstić information content (AvgIpc) is 2.63. The minimum atomic E-state index is -0.282. The Kier molecular flexibility index (Phi) is 5.26. The Hall–Kier alpha value is -2.82. The third-order valence-electron chi connectivity index (χ3n) is 4.84. The van der Waals surface area contributed by atoms with Crippen LogP contribution in [0.3, 0.4) is 0 Å². The standard InChI is InChI=1S/C21H24N2O3/c1-23(2)19(24)15-26-18-11-6-8-16(14-18)20(25)22-21(12-7-13-21)17-9-4-3-5-10-17/h3-6,8-11,14H,7,12-13,15H2,1-2H3,(H,22,25). The lowest BCUT2D eigenvalue weighted by Crippen LogP contribution is -2.50. The van der Waals surface area contributed by atoms with Crippen molar-refractivity contribution in [2.45, 2.75) is 24.8 Å². The maximum absolute atomic E-state index is 12.8. The summed E-state index contributed by atoms with van der Waals surface area (Å²) >= 11 is 0. The average molecular weight is 352 g/mol. The Bertz CT molecular complexity index is 783. The van der Waals surface area contributed by atoms with Crippen LogP contribution in [0.1, 0.15) is 35.2 Å². The molecule has 0 atom stereocenters. The van der Waals surface area contributed by atoms with Crippen LogP contribution >= 0.6 is 0 Å². The van der Waals surface area contributed by atoms with Gasteiger partial charge in [-0.25, -0.2) is 0 Å². The zero-order valence-electron chi connectivity index (χ0n) is 15.2. The summed E-state index contributed by atoms with van der Waals surface area (Å²) in [5.41, 5.74) is 1.39. The molecular formula is C21H24N2O3. The largest absolute Gasteiger partial charge is 0.484 e. The quantitative estimate of drug-likeness (QED) is 0.869. The van der Waals surface area contributed by atoms with Crippen LogP contribution in [0, 0.1) is 0 Å². The lowest BCUT2D eigenvalue weighted by atomic mass is 9.71. The lowest BCUT2D eigenvalue weighted by molar-refractivity contribution is -0.130. The molecular weight excluding hydrogens is 328 g/mol. The van der Waals surface area contributed by atoms with Gasteiger partial charge in [-0.1, -0.05) is 36.4 Å². The van der Waals surface area contributed by atoms with Crippen molar-refractivity contribution < 1.29 is 14.3 Å². The number of hydrogen-bond acceptors (Lipinski definition) is 3. The van der Waals surface area contributed by atoms with Gasteiger partial charge in [-0.05, 0) is 43.0 Å². The molecule has 136 valence electrons. The molecule has 0 aliphatic heterocycles. The van der Waals surface area contributed by atoms with Crippen LogP contribution in [0.2, 0.25) is 0 Å². The van der Waals surface area contributed by atoms with Gasteiger partial charge in [0, 0.05) is 19.7 Å². The van der Waals surface area contributed by atoms with Gasteiger partial charge in [-0.15, -0.1) is 0 Å². The zero-order chi connectivity index (χ0) is 18.6. The molecule has 1 N–H and O–H groups in total. The molecule has 1 fully saturated rings. The summed E-state index contributed by atoms with van der Waals surface area (Å²) in [6.45, 7) is -0.0496. The van der Waals surface area contributed by atoms with E-state index in [1.807, 2.05) is 18.2 Å². The van der Waals surface area contributed by atoms with Crippen molar-refractivity contribution in [3.63, 3.8) is 0 Å². The predicted molar refractivity (Wildman–Crippen MR) is 100 cm³/mol. The number of carbonyl (C=O) groups is 2. The van der Waals surface area contributed by atoms with Gasteiger partial charge in [0.05, 0.1) is 5.54 Å². The van der Waals surface area contributed by atoms with Gasteiger partial charge in [0.2, 0.25) is 0 Å². The van der Waals surface area contributed by atoms with E-state index >= 15 is 0 Å². The SMILES string of the molecule is CN(C)C(=O)COc1cccc(C(=O)NC2(c3ccccc3)CCC2)c1. The Morgan fingerprint density at radius 1 is 1.08 bits per heavy atom. The van der Waals surface area contributed by atoms with Crippen LogP contribution in [0.4, 0.5) is 0 Å². The van der Waals surface area contributed by atoms with Crippen LogP contribution in [0.15, 0.2) is 54.6 Å². The normalized spacial score (nSPS) is 14.8. The highest BCUT2D eigenvalue weighted by Gasteiger charge is 2.40. The summed E-state index contributed by atoms with van der Waals surface area (Å²) in [5, 5.41) is 3.20. The minimum absolute atomic E-state index is 0.0496. The maximum atomic E-state index is 12.8. The van der Waals surface area contributed by atoms with Crippen molar-refractivity contribution in [3.05, 3.63) is 65.7 Å². The van der Waals surface area contributed by atoms with Crippen LogP contribution in [0.5, 0.6) is 5.75 Å². The fourth-order valence-electron chi connectivity index (χ4n) is 3.06. The van der Waals surface area contributed by atoms with Gasteiger partial charge in [-0.3, -0.25) is 9.59 Å². The number of nitrogens with one attached hydrogen (secondary N) is 1. The zero-order valence-corrected chi connectivity index (χ0v) is 15.2. The summed E-state index contributed by atoms with van der Waals surface area (Å²) in [7, 11) is 3.36. The third kappa shape index (κ3) is 3.87. The first-order valence-corrected chi connectivity index (χ1v) is 8.81. The van der Waals surface area contributed by atoms with Crippen molar-refractivity contribution in [3.8, 4) is 5.75 Å². The maximum Gasteiger partial charge on any atom is 0.259 e. The summed E-state index contributed by atoms with van der Waals surface area (Å²) in [5.74, 6) is 0.255. The van der Waals surface area contributed by atoms with Crippen molar-refractivity contribution in [1.82, 2.24) is 10.2 Å². The molecule has 2 aromatic carbocycles. The fraction of sp³-hybridized carbons (Fsp3) is 0.333. The van der Waals surface area contributed by atoms with Crippen molar-refractivity contribution >= 4 is 11.8 Å². The number of benzene rings is 2. The van der Waals surface area contributed by atoms with Crippen molar-refractivity contribution in [1.29, 1.82) is 0 Å². The highest BCUT2D eigenvalue weighted by Crippen LogP contribution is 2.41. The van der Waals surface area contributed by atoms with Crippen LogP contribution in [0.25, 0.3) is 0 Å². The van der Waals surface area contributed by atoms with E-state index in [4.69, 9.17) is 4.74 Å². The van der Waals surface area contributed by atoms with Gasteiger partial charge in [0.25, 0.3) is 11.8 Å². The molecule has 0 saturated heterocycles. The first-order chi connectivity index (χ1) is 12.5. The van der Waals surface area contributed by atoms with E-state index in [1.165, 1.54) is 4.90 Å². The van der Waals surface area contributed by atoms with E-state index < -0.39 is 0 Å². The Morgan fingerprint density at radius 3 is 2.42 bits per heavy atom. The van der Waals surface area contributed by atoms with Crippen LogP contribution in [-0.2, 0) is 10.3 Å².